The molecule has 2 nitrogen and oxygen atoms in total. The lowest BCUT2D eigenvalue weighted by molar-refractivity contribution is 0.223. The lowest BCUT2D eigenvalue weighted by atomic mass is 9.82. The van der Waals surface area contributed by atoms with Gasteiger partial charge in [-0.3, -0.25) is 0 Å². The number of nitrogens with one attached hydrogen (secondary N) is 1. The first kappa shape index (κ1) is 14.3. The molecule has 1 aliphatic heterocycles. The van der Waals surface area contributed by atoms with Crippen LogP contribution in [0.3, 0.4) is 0 Å². The van der Waals surface area contributed by atoms with Crippen molar-refractivity contribution in [3.63, 3.8) is 0 Å². The van der Waals surface area contributed by atoms with Gasteiger partial charge in [-0.1, -0.05) is 26.2 Å². The van der Waals surface area contributed by atoms with Crippen LogP contribution in [0.25, 0.3) is 0 Å². The Labute approximate surface area is 114 Å². The predicted molar refractivity (Wildman–Crippen MR) is 78.9 cm³/mol. The molecule has 0 amide bonds. The van der Waals surface area contributed by atoms with Gasteiger partial charge in [-0.2, -0.15) is 0 Å². The van der Waals surface area contributed by atoms with Crippen LogP contribution in [0, 0.1) is 11.8 Å². The van der Waals surface area contributed by atoms with Gasteiger partial charge < -0.3 is 10.2 Å². The standard InChI is InChI=1S/C16H32N2/c1-15-7-5-8-16(13-15)14-17-9-6-12-18-10-3-2-4-11-18/h15-17H,2-14H2,1H3. The molecule has 2 unspecified atom stereocenters. The third-order valence-electron chi connectivity index (χ3n) is 4.75. The fraction of sp³-hybridized carbons (Fsp3) is 1.00. The van der Waals surface area contributed by atoms with Crippen molar-refractivity contribution in [2.24, 2.45) is 11.8 Å². The molecule has 2 fully saturated rings. The van der Waals surface area contributed by atoms with Crippen LogP contribution in [0.2, 0.25) is 0 Å². The van der Waals surface area contributed by atoms with E-state index >= 15 is 0 Å². The average Bonchev–Trinajstić information content (AvgIpc) is 2.40. The van der Waals surface area contributed by atoms with Gasteiger partial charge in [-0.25, -0.2) is 0 Å². The lowest BCUT2D eigenvalue weighted by Crippen LogP contribution is -2.33. The van der Waals surface area contributed by atoms with E-state index in [4.69, 9.17) is 0 Å². The monoisotopic (exact) mass is 252 g/mol. The summed E-state index contributed by atoms with van der Waals surface area (Å²) in [5.74, 6) is 1.93. The van der Waals surface area contributed by atoms with Crippen molar-refractivity contribution >= 4 is 0 Å². The van der Waals surface area contributed by atoms with E-state index in [1.807, 2.05) is 0 Å². The van der Waals surface area contributed by atoms with Gasteiger partial charge in [-0.05, 0) is 76.7 Å². The van der Waals surface area contributed by atoms with Crippen molar-refractivity contribution in [3.8, 4) is 0 Å². The zero-order valence-electron chi connectivity index (χ0n) is 12.3. The molecule has 1 aliphatic carbocycles. The number of piperidine rings is 1. The molecule has 106 valence electrons. The minimum atomic E-state index is 0.962. The molecule has 2 atom stereocenters. The maximum Gasteiger partial charge on any atom is -0.000664 e. The number of likely N-dealkylation sites (tertiary alicyclic amines) is 1. The Bertz CT molecular complexity index is 211. The molecule has 0 aromatic heterocycles. The number of hydrogen-bond acceptors (Lipinski definition) is 2. The first-order chi connectivity index (χ1) is 8.84. The molecule has 0 spiro atoms. The first-order valence-corrected chi connectivity index (χ1v) is 8.27. The molecule has 18 heavy (non-hydrogen) atoms. The Kier molecular flexibility index (Phi) is 6.50. The van der Waals surface area contributed by atoms with E-state index in [0.717, 1.165) is 11.8 Å². The average molecular weight is 252 g/mol. The van der Waals surface area contributed by atoms with Gasteiger partial charge in [0.1, 0.15) is 0 Å². The third kappa shape index (κ3) is 5.27. The predicted octanol–water partition coefficient (Wildman–Crippen LogP) is 3.28. The molecule has 2 rings (SSSR count). The van der Waals surface area contributed by atoms with Crippen LogP contribution in [-0.2, 0) is 0 Å². The highest BCUT2D eigenvalue weighted by Gasteiger charge is 2.18. The Balaban J connectivity index is 1.45. The van der Waals surface area contributed by atoms with E-state index < -0.39 is 0 Å². The highest BCUT2D eigenvalue weighted by molar-refractivity contribution is 4.72. The van der Waals surface area contributed by atoms with Crippen molar-refractivity contribution < 1.29 is 0 Å². The largest absolute Gasteiger partial charge is 0.316 e. The maximum absolute atomic E-state index is 3.69. The second-order valence-electron chi connectivity index (χ2n) is 6.60. The van der Waals surface area contributed by atoms with Crippen LogP contribution < -0.4 is 5.32 Å². The summed E-state index contributed by atoms with van der Waals surface area (Å²) in [6, 6.07) is 0. The smallest absolute Gasteiger partial charge is 0.000664 e. The second kappa shape index (κ2) is 8.16. The number of hydrogen-bond donors (Lipinski definition) is 1. The van der Waals surface area contributed by atoms with E-state index in [-0.39, 0.29) is 0 Å². The van der Waals surface area contributed by atoms with E-state index in [0.29, 0.717) is 0 Å². The Hall–Kier alpha value is -0.0800. The van der Waals surface area contributed by atoms with Crippen molar-refractivity contribution in [1.29, 1.82) is 0 Å². The molecule has 2 heteroatoms. The van der Waals surface area contributed by atoms with Gasteiger partial charge in [0.05, 0.1) is 0 Å². The van der Waals surface area contributed by atoms with E-state index in [1.165, 1.54) is 84.1 Å². The summed E-state index contributed by atoms with van der Waals surface area (Å²) in [6.07, 6.45) is 11.5. The Morgan fingerprint density at radius 3 is 2.67 bits per heavy atom. The molecule has 0 aromatic rings. The normalized spacial score (nSPS) is 30.5. The highest BCUT2D eigenvalue weighted by Crippen LogP contribution is 2.27. The van der Waals surface area contributed by atoms with Gasteiger partial charge in [0.15, 0.2) is 0 Å². The highest BCUT2D eigenvalue weighted by atomic mass is 15.1. The molecule has 0 aromatic carbocycles. The number of rotatable bonds is 6. The van der Waals surface area contributed by atoms with Crippen molar-refractivity contribution in [1.82, 2.24) is 10.2 Å². The molecule has 1 N–H and O–H groups in total. The van der Waals surface area contributed by atoms with Crippen LogP contribution in [0.15, 0.2) is 0 Å². The van der Waals surface area contributed by atoms with Crippen LogP contribution >= 0.6 is 0 Å². The Morgan fingerprint density at radius 1 is 1.06 bits per heavy atom. The minimum Gasteiger partial charge on any atom is -0.316 e. The minimum absolute atomic E-state index is 0.962. The van der Waals surface area contributed by atoms with Crippen LogP contribution in [0.5, 0.6) is 0 Å². The van der Waals surface area contributed by atoms with Gasteiger partial charge in [0.25, 0.3) is 0 Å². The molecule has 2 aliphatic rings. The number of nitrogens with zero attached hydrogens (tertiary/aromatic N) is 1. The molecule has 1 saturated heterocycles. The van der Waals surface area contributed by atoms with Gasteiger partial charge in [-0.15, -0.1) is 0 Å². The molecule has 0 radical (unpaired) electrons. The second-order valence-corrected chi connectivity index (χ2v) is 6.60. The van der Waals surface area contributed by atoms with Crippen LogP contribution in [-0.4, -0.2) is 37.6 Å². The third-order valence-corrected chi connectivity index (χ3v) is 4.75. The van der Waals surface area contributed by atoms with Gasteiger partial charge in [0, 0.05) is 0 Å². The lowest BCUT2D eigenvalue weighted by Gasteiger charge is -2.28. The maximum atomic E-state index is 3.69. The SMILES string of the molecule is CC1CCCC(CNCCCN2CCCCC2)C1. The summed E-state index contributed by atoms with van der Waals surface area (Å²) in [4.78, 5) is 2.65. The summed E-state index contributed by atoms with van der Waals surface area (Å²) in [5.41, 5.74) is 0. The summed E-state index contributed by atoms with van der Waals surface area (Å²) >= 11 is 0. The summed E-state index contributed by atoms with van der Waals surface area (Å²) < 4.78 is 0. The van der Waals surface area contributed by atoms with Gasteiger partial charge in [0.2, 0.25) is 0 Å². The van der Waals surface area contributed by atoms with Crippen molar-refractivity contribution in [2.45, 2.75) is 58.3 Å². The molecule has 1 saturated carbocycles. The van der Waals surface area contributed by atoms with Crippen LogP contribution in [0.4, 0.5) is 0 Å². The molecule has 0 bridgehead atoms. The molecule has 1 heterocycles. The zero-order chi connectivity index (χ0) is 12.6. The molecular formula is C16H32N2. The fourth-order valence-corrected chi connectivity index (χ4v) is 3.66. The summed E-state index contributed by atoms with van der Waals surface area (Å²) in [5, 5.41) is 3.69. The topological polar surface area (TPSA) is 15.3 Å². The Morgan fingerprint density at radius 2 is 1.89 bits per heavy atom. The van der Waals surface area contributed by atoms with Gasteiger partial charge >= 0.3 is 0 Å². The molecular weight excluding hydrogens is 220 g/mol. The summed E-state index contributed by atoms with van der Waals surface area (Å²) in [7, 11) is 0. The fourth-order valence-electron chi connectivity index (χ4n) is 3.66. The van der Waals surface area contributed by atoms with E-state index in [2.05, 4.69) is 17.1 Å². The zero-order valence-corrected chi connectivity index (χ0v) is 12.3. The van der Waals surface area contributed by atoms with E-state index in [9.17, 15) is 0 Å². The van der Waals surface area contributed by atoms with Crippen molar-refractivity contribution in [3.05, 3.63) is 0 Å². The van der Waals surface area contributed by atoms with E-state index in [1.54, 1.807) is 0 Å². The summed E-state index contributed by atoms with van der Waals surface area (Å²) in [6.45, 7) is 8.92. The quantitative estimate of drug-likeness (QED) is 0.730. The van der Waals surface area contributed by atoms with Crippen LogP contribution in [0.1, 0.15) is 58.3 Å². The van der Waals surface area contributed by atoms with Crippen molar-refractivity contribution in [2.75, 3.05) is 32.7 Å². The first-order valence-electron chi connectivity index (χ1n) is 8.27.